The minimum absolute atomic E-state index is 0.0237. The van der Waals surface area contributed by atoms with Gasteiger partial charge >= 0.3 is 0 Å². The van der Waals surface area contributed by atoms with Gasteiger partial charge in [-0.25, -0.2) is 0 Å². The monoisotopic (exact) mass is 434 g/mol. The number of aromatic nitrogens is 4. The molecule has 3 aromatic rings. The number of aryl methyl sites for hydroxylation is 2. The highest BCUT2D eigenvalue weighted by atomic mass is 16.2. The average Bonchev–Trinajstić information content (AvgIpc) is 3.32. The van der Waals surface area contributed by atoms with E-state index in [0.717, 1.165) is 28.2 Å². The number of amides is 2. The van der Waals surface area contributed by atoms with E-state index < -0.39 is 0 Å². The predicted octanol–water partition coefficient (Wildman–Crippen LogP) is 2.96. The summed E-state index contributed by atoms with van der Waals surface area (Å²) in [4.78, 5) is 27.0. The molecule has 1 fully saturated rings. The van der Waals surface area contributed by atoms with Gasteiger partial charge < -0.3 is 10.2 Å². The van der Waals surface area contributed by atoms with Crippen LogP contribution >= 0.6 is 0 Å². The van der Waals surface area contributed by atoms with Crippen molar-refractivity contribution in [1.82, 2.24) is 30.2 Å². The van der Waals surface area contributed by atoms with E-state index in [0.29, 0.717) is 25.3 Å². The van der Waals surface area contributed by atoms with Gasteiger partial charge in [-0.3, -0.25) is 19.4 Å². The maximum Gasteiger partial charge on any atom is 0.271 e. The molecule has 8 nitrogen and oxygen atoms in total. The highest BCUT2D eigenvalue weighted by molar-refractivity contribution is 5.95. The molecule has 1 aromatic carbocycles. The van der Waals surface area contributed by atoms with Crippen LogP contribution in [0.3, 0.4) is 0 Å². The Morgan fingerprint density at radius 2 is 1.91 bits per heavy atom. The standard InChI is InChI=1S/C24H30N6O2/c1-14-8-6-7-9-20(14)21-10-22(27-26-21)24(32)29-12-19(13-29)23(31)25-11-15(2)30-18(5)16(3)17(4)28-30/h6-10,15,19H,11-13H2,1-5H3,(H,25,31)(H,26,27). The first-order valence-corrected chi connectivity index (χ1v) is 11.0. The summed E-state index contributed by atoms with van der Waals surface area (Å²) < 4.78 is 1.96. The molecule has 1 unspecified atom stereocenters. The summed E-state index contributed by atoms with van der Waals surface area (Å²) in [6.07, 6.45) is 0. The quantitative estimate of drug-likeness (QED) is 0.623. The lowest BCUT2D eigenvalue weighted by atomic mass is 9.98. The smallest absolute Gasteiger partial charge is 0.271 e. The number of benzene rings is 1. The summed E-state index contributed by atoms with van der Waals surface area (Å²) in [6.45, 7) is 11.5. The molecule has 2 N–H and O–H groups in total. The van der Waals surface area contributed by atoms with Crippen molar-refractivity contribution < 1.29 is 9.59 Å². The maximum atomic E-state index is 12.8. The zero-order valence-electron chi connectivity index (χ0n) is 19.3. The second kappa shape index (κ2) is 8.61. The van der Waals surface area contributed by atoms with E-state index in [4.69, 9.17) is 0 Å². The van der Waals surface area contributed by atoms with Crippen LogP contribution in [-0.2, 0) is 4.79 Å². The van der Waals surface area contributed by atoms with Gasteiger partial charge in [0.25, 0.3) is 5.91 Å². The van der Waals surface area contributed by atoms with Crippen LogP contribution in [0.4, 0.5) is 0 Å². The summed E-state index contributed by atoms with van der Waals surface area (Å²) in [6, 6.07) is 9.76. The van der Waals surface area contributed by atoms with Gasteiger partial charge in [0.1, 0.15) is 5.69 Å². The predicted molar refractivity (Wildman–Crippen MR) is 122 cm³/mol. The lowest BCUT2D eigenvalue weighted by molar-refractivity contribution is -0.129. The van der Waals surface area contributed by atoms with Crippen molar-refractivity contribution in [2.75, 3.05) is 19.6 Å². The van der Waals surface area contributed by atoms with E-state index in [1.165, 1.54) is 5.56 Å². The first-order valence-electron chi connectivity index (χ1n) is 11.0. The molecule has 4 rings (SSSR count). The third-order valence-corrected chi connectivity index (χ3v) is 6.44. The van der Waals surface area contributed by atoms with Gasteiger partial charge in [0, 0.05) is 30.9 Å². The van der Waals surface area contributed by atoms with Gasteiger partial charge in [-0.05, 0) is 51.8 Å². The van der Waals surface area contributed by atoms with Crippen molar-refractivity contribution >= 4 is 11.8 Å². The van der Waals surface area contributed by atoms with Crippen molar-refractivity contribution in [3.05, 3.63) is 58.5 Å². The molecular formula is C24H30N6O2. The molecule has 1 atom stereocenters. The second-order valence-corrected chi connectivity index (χ2v) is 8.72. The number of hydrogen-bond acceptors (Lipinski definition) is 4. The molecule has 1 saturated heterocycles. The second-order valence-electron chi connectivity index (χ2n) is 8.72. The van der Waals surface area contributed by atoms with Crippen LogP contribution in [0.2, 0.25) is 0 Å². The molecule has 0 aliphatic carbocycles. The fourth-order valence-electron chi connectivity index (χ4n) is 4.06. The van der Waals surface area contributed by atoms with Gasteiger partial charge in [-0.1, -0.05) is 24.3 Å². The van der Waals surface area contributed by atoms with Crippen molar-refractivity contribution in [1.29, 1.82) is 0 Å². The fraction of sp³-hybridized carbons (Fsp3) is 0.417. The summed E-state index contributed by atoms with van der Waals surface area (Å²) in [7, 11) is 0. The number of nitrogens with one attached hydrogen (secondary N) is 2. The van der Waals surface area contributed by atoms with Crippen molar-refractivity contribution in [3.8, 4) is 11.3 Å². The molecule has 0 radical (unpaired) electrons. The third kappa shape index (κ3) is 4.04. The molecule has 168 valence electrons. The molecule has 1 aliphatic heterocycles. The minimum atomic E-state index is -0.188. The van der Waals surface area contributed by atoms with E-state index in [-0.39, 0.29) is 23.8 Å². The Bertz CT molecular complexity index is 1160. The Morgan fingerprint density at radius 1 is 1.19 bits per heavy atom. The van der Waals surface area contributed by atoms with E-state index in [2.05, 4.69) is 27.5 Å². The number of carbonyl (C=O) groups is 2. The van der Waals surface area contributed by atoms with Crippen molar-refractivity contribution in [2.45, 2.75) is 40.7 Å². The van der Waals surface area contributed by atoms with Crippen LogP contribution in [0.25, 0.3) is 11.3 Å². The van der Waals surface area contributed by atoms with Crippen LogP contribution in [0.1, 0.15) is 46.0 Å². The topological polar surface area (TPSA) is 95.9 Å². The molecule has 0 bridgehead atoms. The summed E-state index contributed by atoms with van der Waals surface area (Å²) >= 11 is 0. The third-order valence-electron chi connectivity index (χ3n) is 6.44. The van der Waals surface area contributed by atoms with Gasteiger partial charge in [0.05, 0.1) is 23.3 Å². The fourth-order valence-corrected chi connectivity index (χ4v) is 4.06. The number of nitrogens with zero attached hydrogens (tertiary/aromatic N) is 4. The average molecular weight is 435 g/mol. The number of likely N-dealkylation sites (tertiary alicyclic amines) is 1. The molecule has 32 heavy (non-hydrogen) atoms. The summed E-state index contributed by atoms with van der Waals surface area (Å²) in [5.74, 6) is -0.343. The van der Waals surface area contributed by atoms with E-state index in [1.54, 1.807) is 11.0 Å². The molecule has 2 amide bonds. The van der Waals surface area contributed by atoms with Crippen LogP contribution in [0, 0.1) is 33.6 Å². The Morgan fingerprint density at radius 3 is 2.56 bits per heavy atom. The van der Waals surface area contributed by atoms with E-state index in [9.17, 15) is 9.59 Å². The largest absolute Gasteiger partial charge is 0.354 e. The summed E-state index contributed by atoms with van der Waals surface area (Å²) in [5, 5.41) is 14.7. The highest BCUT2D eigenvalue weighted by Gasteiger charge is 2.36. The Kier molecular flexibility index (Phi) is 5.86. The number of hydrogen-bond donors (Lipinski definition) is 2. The van der Waals surface area contributed by atoms with E-state index in [1.807, 2.05) is 56.6 Å². The molecule has 0 saturated carbocycles. The van der Waals surface area contributed by atoms with Gasteiger partial charge in [0.15, 0.2) is 0 Å². The number of rotatable bonds is 6. The molecule has 3 heterocycles. The highest BCUT2D eigenvalue weighted by Crippen LogP contribution is 2.24. The van der Waals surface area contributed by atoms with Gasteiger partial charge in [-0.2, -0.15) is 10.2 Å². The molecule has 2 aromatic heterocycles. The zero-order valence-corrected chi connectivity index (χ0v) is 19.3. The first kappa shape index (κ1) is 21.8. The number of aromatic amines is 1. The molecule has 0 spiro atoms. The SMILES string of the molecule is Cc1ccccc1-c1cc(C(=O)N2CC(C(=O)NCC(C)n3nc(C)c(C)c3C)C2)[nH]n1. The van der Waals surface area contributed by atoms with E-state index >= 15 is 0 Å². The van der Waals surface area contributed by atoms with Gasteiger partial charge in [0.2, 0.25) is 5.91 Å². The molecule has 8 heteroatoms. The lowest BCUT2D eigenvalue weighted by Gasteiger charge is -2.38. The zero-order chi connectivity index (χ0) is 23.0. The van der Waals surface area contributed by atoms with Crippen molar-refractivity contribution in [3.63, 3.8) is 0 Å². The minimum Gasteiger partial charge on any atom is -0.354 e. The number of H-pyrrole nitrogens is 1. The molecule has 1 aliphatic rings. The normalized spacial score (nSPS) is 14.8. The maximum absolute atomic E-state index is 12.8. The van der Waals surface area contributed by atoms with Gasteiger partial charge in [-0.15, -0.1) is 0 Å². The van der Waals surface area contributed by atoms with Crippen LogP contribution in [-0.4, -0.2) is 56.3 Å². The Hall–Kier alpha value is -3.42. The van der Waals surface area contributed by atoms with Crippen molar-refractivity contribution in [2.24, 2.45) is 5.92 Å². The first-order chi connectivity index (χ1) is 15.3. The van der Waals surface area contributed by atoms with Crippen LogP contribution < -0.4 is 5.32 Å². The summed E-state index contributed by atoms with van der Waals surface area (Å²) in [5.41, 5.74) is 6.60. The number of carbonyl (C=O) groups excluding carboxylic acids is 2. The Labute approximate surface area is 188 Å². The Balaban J connectivity index is 1.29. The molecular weight excluding hydrogens is 404 g/mol. The lowest BCUT2D eigenvalue weighted by Crippen LogP contribution is -2.56. The van der Waals surface area contributed by atoms with Crippen LogP contribution in [0.5, 0.6) is 0 Å². The van der Waals surface area contributed by atoms with Crippen LogP contribution in [0.15, 0.2) is 30.3 Å².